The minimum Gasteiger partial charge on any atom is -0.450 e. The van der Waals surface area contributed by atoms with E-state index < -0.39 is 49.3 Å². The van der Waals surface area contributed by atoms with Crippen molar-refractivity contribution in [3.8, 4) is 11.5 Å². The lowest BCUT2D eigenvalue weighted by atomic mass is 10.1. The number of hydrogen-bond donors (Lipinski definition) is 3. The number of nitrogen functional groups attached to an aromatic ring is 1. The number of benzene rings is 2. The summed E-state index contributed by atoms with van der Waals surface area (Å²) in [5, 5.41) is 24.6. The largest absolute Gasteiger partial charge is 0.450 e. The highest BCUT2D eigenvalue weighted by atomic mass is 31.2. The number of alkyl halides is 2. The summed E-state index contributed by atoms with van der Waals surface area (Å²) >= 11 is 0. The number of halogens is 2. The van der Waals surface area contributed by atoms with Gasteiger partial charge in [0, 0.05) is 25.4 Å². The summed E-state index contributed by atoms with van der Waals surface area (Å²) in [6.07, 6.45) is -1.84. The Hall–Kier alpha value is -3.83. The lowest BCUT2D eigenvalue weighted by molar-refractivity contribution is -0.385. The molecule has 2 aromatic carbocycles. The van der Waals surface area contributed by atoms with Crippen molar-refractivity contribution >= 4 is 19.3 Å². The molecule has 3 heterocycles. The van der Waals surface area contributed by atoms with Crippen LogP contribution in [0.4, 0.5) is 20.3 Å². The van der Waals surface area contributed by atoms with E-state index in [1.54, 1.807) is 19.1 Å². The average Bonchev–Trinajstić information content (AvgIpc) is 3.28. The van der Waals surface area contributed by atoms with Gasteiger partial charge < -0.3 is 20.3 Å². The van der Waals surface area contributed by atoms with E-state index in [-0.39, 0.29) is 30.4 Å². The van der Waals surface area contributed by atoms with Gasteiger partial charge in [0.05, 0.1) is 18.1 Å². The summed E-state index contributed by atoms with van der Waals surface area (Å²) in [4.78, 5) is 29.1. The molecule has 1 aromatic heterocycles. The zero-order valence-corrected chi connectivity index (χ0v) is 27.0. The lowest BCUT2D eigenvalue weighted by Crippen LogP contribution is -2.42. The number of likely N-dealkylation sites (tertiary alicyclic amines) is 1. The maximum atomic E-state index is 14.9. The van der Waals surface area contributed by atoms with Crippen LogP contribution in [0.1, 0.15) is 43.5 Å². The number of hydrogen-bond acceptors (Lipinski definition) is 12. The SMILES string of the molecule is CCNP(=O)(OCc1ccc([N+](=O)[O-])c(Oc2ccc(CN3CCCCC3)cc2)c1)OCC1OC(n2ccc(N)nc2=O)C(F)(F)C1O. The van der Waals surface area contributed by atoms with E-state index in [4.69, 9.17) is 24.3 Å². The molecule has 0 bridgehead atoms. The first-order valence-corrected chi connectivity index (χ1v) is 16.9. The molecule has 5 rings (SSSR count). The molecule has 4 atom stereocenters. The van der Waals surface area contributed by atoms with Gasteiger partial charge in [0.2, 0.25) is 12.0 Å². The quantitative estimate of drug-likeness (QED) is 0.123. The summed E-state index contributed by atoms with van der Waals surface area (Å²) in [7, 11) is -4.21. The lowest BCUT2D eigenvalue weighted by Gasteiger charge is -2.26. The van der Waals surface area contributed by atoms with Gasteiger partial charge in [-0.3, -0.25) is 28.6 Å². The van der Waals surface area contributed by atoms with Gasteiger partial charge >= 0.3 is 25.0 Å². The number of aromatic nitrogens is 2. The van der Waals surface area contributed by atoms with E-state index in [0.29, 0.717) is 15.9 Å². The first kappa shape index (κ1) is 35.5. The molecule has 2 aliphatic heterocycles. The molecule has 4 N–H and O–H groups in total. The van der Waals surface area contributed by atoms with Crippen LogP contribution >= 0.6 is 7.75 Å². The second-order valence-electron chi connectivity index (χ2n) is 11.4. The molecule has 0 amide bonds. The normalized spacial score (nSPS) is 22.3. The Morgan fingerprint density at radius 2 is 1.85 bits per heavy atom. The third-order valence-corrected chi connectivity index (χ3v) is 9.53. The number of aliphatic hydroxyl groups excluding tert-OH is 1. The van der Waals surface area contributed by atoms with Crippen LogP contribution in [0.2, 0.25) is 0 Å². The standard InChI is InChI=1S/C30H37F2N6O9P/c1-2-34-48(43,45-19-25-27(39)30(31,32)28(47-25)37-15-12-26(33)35-29(37)40)44-18-21-8-11-23(38(41)42)24(16-21)46-22-9-6-20(7-10-22)17-36-13-4-3-5-14-36/h6-12,15-16,25,27-28,39H,2-5,13-14,17-19H2,1H3,(H,34,43)(H2,33,35,40). The number of nitrogens with one attached hydrogen (secondary N) is 1. The number of nitro groups is 1. The molecule has 0 spiro atoms. The molecule has 260 valence electrons. The fourth-order valence-electron chi connectivity index (χ4n) is 5.41. The predicted octanol–water partition coefficient (Wildman–Crippen LogP) is 4.36. The highest BCUT2D eigenvalue weighted by molar-refractivity contribution is 7.51. The van der Waals surface area contributed by atoms with Gasteiger partial charge in [0.25, 0.3) is 0 Å². The Morgan fingerprint density at radius 3 is 2.52 bits per heavy atom. The highest BCUT2D eigenvalue weighted by Crippen LogP contribution is 2.48. The van der Waals surface area contributed by atoms with Gasteiger partial charge in [-0.2, -0.15) is 13.8 Å². The predicted molar refractivity (Wildman–Crippen MR) is 169 cm³/mol. The van der Waals surface area contributed by atoms with Crippen LogP contribution in [-0.2, 0) is 31.5 Å². The van der Waals surface area contributed by atoms with Gasteiger partial charge in [0.15, 0.2) is 6.10 Å². The summed E-state index contributed by atoms with van der Waals surface area (Å²) in [5.74, 6) is -3.83. The molecule has 3 aromatic rings. The van der Waals surface area contributed by atoms with Crippen molar-refractivity contribution in [2.45, 2.75) is 63.7 Å². The summed E-state index contributed by atoms with van der Waals surface area (Å²) in [6.45, 7) is 3.38. The van der Waals surface area contributed by atoms with Crippen LogP contribution in [0, 0.1) is 10.1 Å². The van der Waals surface area contributed by atoms with Crippen molar-refractivity contribution < 1.29 is 41.9 Å². The molecule has 18 heteroatoms. The first-order valence-electron chi connectivity index (χ1n) is 15.4. The number of anilines is 1. The molecule has 0 radical (unpaired) electrons. The van der Waals surface area contributed by atoms with Crippen LogP contribution in [0.25, 0.3) is 0 Å². The molecule has 2 saturated heterocycles. The zero-order chi connectivity index (χ0) is 34.5. The van der Waals surface area contributed by atoms with E-state index in [2.05, 4.69) is 15.0 Å². The monoisotopic (exact) mass is 694 g/mol. The summed E-state index contributed by atoms with van der Waals surface area (Å²) in [6, 6.07) is 12.4. The van der Waals surface area contributed by atoms with Crippen LogP contribution < -0.4 is 21.2 Å². The molecular weight excluding hydrogens is 657 g/mol. The van der Waals surface area contributed by atoms with Crippen molar-refractivity contribution in [2.75, 3.05) is 32.0 Å². The van der Waals surface area contributed by atoms with Gasteiger partial charge in [-0.25, -0.2) is 14.4 Å². The number of nitrogens with two attached hydrogens (primary N) is 1. The Bertz CT molecular complexity index is 1690. The van der Waals surface area contributed by atoms with Gasteiger partial charge in [0.1, 0.15) is 17.7 Å². The number of piperidine rings is 1. The van der Waals surface area contributed by atoms with Gasteiger partial charge in [-0.05, 0) is 67.4 Å². The minimum atomic E-state index is -4.21. The van der Waals surface area contributed by atoms with E-state index in [1.807, 2.05) is 12.1 Å². The first-order chi connectivity index (χ1) is 22.9. The molecule has 15 nitrogen and oxygen atoms in total. The third-order valence-electron chi connectivity index (χ3n) is 7.87. The maximum Gasteiger partial charge on any atom is 0.405 e. The van der Waals surface area contributed by atoms with Crippen LogP contribution in [0.15, 0.2) is 59.5 Å². The summed E-state index contributed by atoms with van der Waals surface area (Å²) < 4.78 is 65.8. The van der Waals surface area contributed by atoms with E-state index in [1.165, 1.54) is 37.5 Å². The van der Waals surface area contributed by atoms with Crippen LogP contribution in [-0.4, -0.2) is 68.9 Å². The van der Waals surface area contributed by atoms with Crippen molar-refractivity contribution in [3.05, 3.63) is 86.5 Å². The summed E-state index contributed by atoms with van der Waals surface area (Å²) in [5.41, 5.74) is 5.42. The molecule has 2 aliphatic rings. The number of nitrogens with zero attached hydrogens (tertiary/aromatic N) is 4. The van der Waals surface area contributed by atoms with E-state index >= 15 is 0 Å². The van der Waals surface area contributed by atoms with Crippen molar-refractivity contribution in [3.63, 3.8) is 0 Å². The molecule has 48 heavy (non-hydrogen) atoms. The Labute approximate surface area is 274 Å². The van der Waals surface area contributed by atoms with Gasteiger partial charge in [-0.1, -0.05) is 25.5 Å². The van der Waals surface area contributed by atoms with E-state index in [9.17, 15) is 33.4 Å². The van der Waals surface area contributed by atoms with Crippen LogP contribution in [0.3, 0.4) is 0 Å². The van der Waals surface area contributed by atoms with Crippen molar-refractivity contribution in [1.29, 1.82) is 0 Å². The Morgan fingerprint density at radius 1 is 1.15 bits per heavy atom. The average molecular weight is 695 g/mol. The smallest absolute Gasteiger partial charge is 0.405 e. The number of ether oxygens (including phenoxy) is 2. The maximum absolute atomic E-state index is 14.9. The molecule has 2 fully saturated rings. The number of nitro benzene ring substituents is 1. The Kier molecular flexibility index (Phi) is 11.2. The Balaban J connectivity index is 1.24. The highest BCUT2D eigenvalue weighted by Gasteiger charge is 2.60. The van der Waals surface area contributed by atoms with Crippen LogP contribution in [0.5, 0.6) is 11.5 Å². The zero-order valence-electron chi connectivity index (χ0n) is 26.1. The van der Waals surface area contributed by atoms with Crippen molar-refractivity contribution in [1.82, 2.24) is 19.5 Å². The fourth-order valence-corrected chi connectivity index (χ4v) is 6.72. The molecular formula is C30H37F2N6O9P. The second kappa shape index (κ2) is 15.2. The molecule has 0 aliphatic carbocycles. The van der Waals surface area contributed by atoms with Crippen molar-refractivity contribution in [2.24, 2.45) is 0 Å². The van der Waals surface area contributed by atoms with Gasteiger partial charge in [-0.15, -0.1) is 0 Å². The molecule has 0 saturated carbocycles. The van der Waals surface area contributed by atoms with E-state index in [0.717, 1.165) is 37.5 Å². The number of aliphatic hydroxyl groups is 1. The molecule has 4 unspecified atom stereocenters. The minimum absolute atomic E-state index is 0.0766. The second-order valence-corrected chi connectivity index (χ2v) is 13.2. The number of rotatable bonds is 14. The topological polar surface area (TPSA) is 194 Å². The fraction of sp³-hybridized carbons (Fsp3) is 0.467. The third kappa shape index (κ3) is 8.41.